The van der Waals surface area contributed by atoms with Gasteiger partial charge < -0.3 is 10.4 Å². The fourth-order valence-electron chi connectivity index (χ4n) is 9.44. The topological polar surface area (TPSA) is 121 Å². The summed E-state index contributed by atoms with van der Waals surface area (Å²) in [5.74, 6) is -1.12. The molecule has 0 saturated carbocycles. The van der Waals surface area contributed by atoms with Gasteiger partial charge in [0.25, 0.3) is 11.8 Å². The van der Waals surface area contributed by atoms with Gasteiger partial charge in [-0.2, -0.15) is 0 Å². The van der Waals surface area contributed by atoms with Crippen LogP contribution in [-0.4, -0.2) is 39.6 Å². The van der Waals surface area contributed by atoms with Gasteiger partial charge in [0.1, 0.15) is 5.76 Å². The van der Waals surface area contributed by atoms with Crippen LogP contribution in [0.4, 0.5) is 5.69 Å². The van der Waals surface area contributed by atoms with Crippen molar-refractivity contribution in [2.75, 3.05) is 5.32 Å². The highest BCUT2D eigenvalue weighted by Crippen LogP contribution is 2.40. The van der Waals surface area contributed by atoms with Crippen LogP contribution in [0.2, 0.25) is 0 Å². The highest BCUT2D eigenvalue weighted by Gasteiger charge is 2.39. The number of allylic oxidation sites excluding steroid dienone is 4. The van der Waals surface area contributed by atoms with Crippen LogP contribution in [0.25, 0.3) is 5.57 Å². The number of nitrogens with zero attached hydrogens (tertiary/aromatic N) is 3. The fourth-order valence-corrected chi connectivity index (χ4v) is 9.44. The number of rotatable bonds is 32. The van der Waals surface area contributed by atoms with Crippen LogP contribution in [0.1, 0.15) is 231 Å². The summed E-state index contributed by atoms with van der Waals surface area (Å²) in [6.45, 7) is 8.12. The van der Waals surface area contributed by atoms with Crippen LogP contribution in [0.3, 0.4) is 0 Å². The van der Waals surface area contributed by atoms with Gasteiger partial charge in [-0.25, -0.2) is 4.99 Å². The minimum atomic E-state index is -0.369. The van der Waals surface area contributed by atoms with Crippen LogP contribution in [0, 0.1) is 6.92 Å². The summed E-state index contributed by atoms with van der Waals surface area (Å²) in [6, 6.07) is 17.3. The van der Waals surface area contributed by atoms with E-state index in [1.807, 2.05) is 30.3 Å². The van der Waals surface area contributed by atoms with Gasteiger partial charge in [0.05, 0.1) is 46.3 Å². The van der Waals surface area contributed by atoms with Crippen molar-refractivity contribution in [1.29, 1.82) is 0 Å². The minimum absolute atomic E-state index is 0.105. The zero-order valence-electron chi connectivity index (χ0n) is 42.2. The second-order valence-corrected chi connectivity index (χ2v) is 19.4. The maximum atomic E-state index is 13.6. The zero-order chi connectivity index (χ0) is 48.4. The van der Waals surface area contributed by atoms with Gasteiger partial charge in [-0.3, -0.25) is 24.4 Å². The number of ketones is 1. The number of aromatic nitrogens is 1. The molecule has 2 amide bonds. The molecule has 0 fully saturated rings. The molecular formula is C60H82N4O4. The molecule has 3 aromatic rings. The first-order valence-corrected chi connectivity index (χ1v) is 26.7. The summed E-state index contributed by atoms with van der Waals surface area (Å²) in [5.41, 5.74) is 6.44. The summed E-state index contributed by atoms with van der Waals surface area (Å²) >= 11 is 0. The van der Waals surface area contributed by atoms with Gasteiger partial charge in [0.2, 0.25) is 5.78 Å². The standard InChI is InChI=1S/C60H82N4O4/c1-5-7-9-11-13-15-17-19-21-23-25-27-29-33-47-35-31-37-49(41-47)59(67)63-51-39-45(3)55(61-43-51)53-57(65)54(58(53)66)56-46(4)40-52(44-62-56)64-60(68)50-38-32-36-48(42-50)34-30-28-26-24-22-20-18-16-14-12-10-8-6-2/h31-32,35-44,65H,5-30,33-34H2,1-4H3,(H,63,67)/b56-54-,64-52-. The van der Waals surface area contributed by atoms with E-state index in [0.717, 1.165) is 36.8 Å². The van der Waals surface area contributed by atoms with Crippen LogP contribution < -0.4 is 5.32 Å². The molecule has 8 heteroatoms. The first-order valence-electron chi connectivity index (χ1n) is 26.7. The molecular weight excluding hydrogens is 841 g/mol. The Morgan fingerprint density at radius 1 is 0.603 bits per heavy atom. The Morgan fingerprint density at radius 2 is 1.07 bits per heavy atom. The zero-order valence-corrected chi connectivity index (χ0v) is 42.2. The maximum absolute atomic E-state index is 13.6. The number of Topliss-reactive ketones (excluding diaryl/α,β-unsaturated/α-hetero) is 1. The molecule has 366 valence electrons. The Hall–Kier alpha value is -5.24. The number of dihydropyridines is 1. The van der Waals surface area contributed by atoms with Gasteiger partial charge in [0, 0.05) is 11.1 Å². The summed E-state index contributed by atoms with van der Waals surface area (Å²) < 4.78 is 0. The molecule has 0 unspecified atom stereocenters. The number of carbonyl (C=O) groups excluding carboxylic acids is 3. The fraction of sp³-hybridized carbons (Fsp3) is 0.533. The molecule has 5 rings (SSSR count). The predicted octanol–water partition coefficient (Wildman–Crippen LogP) is 16.3. The van der Waals surface area contributed by atoms with E-state index < -0.39 is 0 Å². The van der Waals surface area contributed by atoms with E-state index in [4.69, 9.17) is 0 Å². The molecule has 68 heavy (non-hydrogen) atoms. The Labute approximate surface area is 409 Å². The molecule has 0 bridgehead atoms. The Morgan fingerprint density at radius 3 is 1.54 bits per heavy atom. The van der Waals surface area contributed by atoms with E-state index in [1.165, 1.54) is 167 Å². The molecule has 1 aliphatic carbocycles. The molecule has 0 radical (unpaired) electrons. The lowest BCUT2D eigenvalue weighted by Gasteiger charge is -2.24. The lowest BCUT2D eigenvalue weighted by atomic mass is 9.81. The van der Waals surface area contributed by atoms with Gasteiger partial charge >= 0.3 is 0 Å². The van der Waals surface area contributed by atoms with E-state index in [0.29, 0.717) is 45.1 Å². The quantitative estimate of drug-likeness (QED) is 0.0477. The van der Waals surface area contributed by atoms with Crippen molar-refractivity contribution in [2.45, 2.75) is 207 Å². The molecule has 2 aromatic carbocycles. The average molecular weight is 923 g/mol. The maximum Gasteiger partial charge on any atom is 0.277 e. The van der Waals surface area contributed by atoms with Crippen molar-refractivity contribution in [3.8, 4) is 0 Å². The number of hydrogen-bond donors (Lipinski definition) is 2. The number of unbranched alkanes of at least 4 members (excludes halogenated alkanes) is 24. The van der Waals surface area contributed by atoms with Gasteiger partial charge in [-0.15, -0.1) is 0 Å². The molecule has 0 atom stereocenters. The third kappa shape index (κ3) is 17.7. The van der Waals surface area contributed by atoms with Crippen LogP contribution in [-0.2, 0) is 17.6 Å². The first kappa shape index (κ1) is 53.7. The highest BCUT2D eigenvalue weighted by molar-refractivity contribution is 6.41. The van der Waals surface area contributed by atoms with Crippen molar-refractivity contribution in [3.05, 3.63) is 123 Å². The third-order valence-electron chi connectivity index (χ3n) is 13.5. The number of carbonyl (C=O) groups is 3. The number of aryl methyl sites for hydroxylation is 3. The van der Waals surface area contributed by atoms with E-state index in [1.54, 1.807) is 32.1 Å². The summed E-state index contributed by atoms with van der Waals surface area (Å²) in [4.78, 5) is 53.4. The van der Waals surface area contributed by atoms with E-state index in [-0.39, 0.29) is 34.5 Å². The molecule has 0 spiro atoms. The number of anilines is 1. The van der Waals surface area contributed by atoms with Crippen molar-refractivity contribution < 1.29 is 19.5 Å². The Bertz CT molecular complexity index is 2260. The second kappa shape index (κ2) is 30.3. The van der Waals surface area contributed by atoms with E-state index >= 15 is 0 Å². The van der Waals surface area contributed by atoms with Gasteiger partial charge in [-0.1, -0.05) is 192 Å². The Kier molecular flexibility index (Phi) is 23.9. The largest absolute Gasteiger partial charge is 0.506 e. The number of pyridine rings is 1. The van der Waals surface area contributed by atoms with E-state index in [9.17, 15) is 19.5 Å². The second-order valence-electron chi connectivity index (χ2n) is 19.4. The van der Waals surface area contributed by atoms with Crippen molar-refractivity contribution in [3.63, 3.8) is 0 Å². The molecule has 2 N–H and O–H groups in total. The molecule has 8 nitrogen and oxygen atoms in total. The molecule has 1 aromatic heterocycles. The monoisotopic (exact) mass is 923 g/mol. The highest BCUT2D eigenvalue weighted by atomic mass is 16.3. The number of aliphatic hydroxyl groups excluding tert-OH is 1. The predicted molar refractivity (Wildman–Crippen MR) is 284 cm³/mol. The van der Waals surface area contributed by atoms with Crippen molar-refractivity contribution >= 4 is 40.8 Å². The molecule has 0 saturated heterocycles. The van der Waals surface area contributed by atoms with Gasteiger partial charge in [-0.05, 0) is 98.2 Å². The molecule has 1 aliphatic heterocycles. The normalized spacial score (nSPS) is 15.3. The third-order valence-corrected chi connectivity index (χ3v) is 13.5. The van der Waals surface area contributed by atoms with E-state index in [2.05, 4.69) is 46.3 Å². The van der Waals surface area contributed by atoms with Crippen molar-refractivity contribution in [2.24, 2.45) is 9.98 Å². The number of benzene rings is 2. The Balaban J connectivity index is 1.05. The first-order chi connectivity index (χ1) is 33.2. The van der Waals surface area contributed by atoms with Gasteiger partial charge in [0.15, 0.2) is 0 Å². The lowest BCUT2D eigenvalue weighted by Crippen LogP contribution is -2.25. The number of amides is 2. The average Bonchev–Trinajstić information content (AvgIpc) is 3.33. The molecule has 2 heterocycles. The number of nitrogens with one attached hydrogen (secondary N) is 1. The smallest absolute Gasteiger partial charge is 0.277 e. The number of hydrogen-bond acceptors (Lipinski definition) is 6. The van der Waals surface area contributed by atoms with Crippen LogP contribution in [0.5, 0.6) is 0 Å². The lowest BCUT2D eigenvalue weighted by molar-refractivity contribution is -0.111. The SMILES string of the molecule is CCCCCCCCCCCCCCCc1cccc(C(=O)/N=C2C=N/C(=C3\C(=O)C(c4ncc(NC(=O)c5cccc(CCCCCCCCCCCCCCC)c5)cc4C)=C3O)C(C)=C\2)c1. The summed E-state index contributed by atoms with van der Waals surface area (Å²) in [6.07, 6.45) is 40.9. The van der Waals surface area contributed by atoms with Crippen molar-refractivity contribution in [1.82, 2.24) is 4.98 Å². The van der Waals surface area contributed by atoms with Crippen LogP contribution in [0.15, 0.2) is 99.5 Å². The summed E-state index contributed by atoms with van der Waals surface area (Å²) in [5, 5.41) is 14.2. The summed E-state index contributed by atoms with van der Waals surface area (Å²) in [7, 11) is 0. The number of aliphatic imine (C=N–C) groups is 2. The van der Waals surface area contributed by atoms with Crippen LogP contribution >= 0.6 is 0 Å². The molecule has 2 aliphatic rings. The number of aliphatic hydroxyl groups is 1. The minimum Gasteiger partial charge on any atom is -0.506 e.